The van der Waals surface area contributed by atoms with Gasteiger partial charge in [-0.1, -0.05) is 13.8 Å². The average Bonchev–Trinajstić information content (AvgIpc) is 2.86. The number of halogens is 1. The molecule has 27 heavy (non-hydrogen) atoms. The standard InChI is InChI=1S/C21H28FN3OS/c1-13(2)12-25-15(4)17(14(3)24-25)6-8-21(26)23-19-9-10-27-20-7-5-16(22)11-18(19)20/h5,7,11,13,19H,6,8-10,12H2,1-4H3,(H,23,26). The number of fused-ring (bicyclic) bond motifs is 1. The third-order valence-corrected chi connectivity index (χ3v) is 6.14. The lowest BCUT2D eigenvalue weighted by atomic mass is 10.0. The number of nitrogens with zero attached hydrogens (tertiary/aromatic N) is 2. The van der Waals surface area contributed by atoms with Crippen LogP contribution in [0.3, 0.4) is 0 Å². The van der Waals surface area contributed by atoms with Gasteiger partial charge in [-0.05, 0) is 61.9 Å². The van der Waals surface area contributed by atoms with Crippen LogP contribution in [-0.2, 0) is 17.8 Å². The number of thioether (sulfide) groups is 1. The summed E-state index contributed by atoms with van der Waals surface area (Å²) in [4.78, 5) is 13.6. The van der Waals surface area contributed by atoms with Crippen molar-refractivity contribution in [2.24, 2.45) is 5.92 Å². The van der Waals surface area contributed by atoms with Crippen LogP contribution in [0, 0.1) is 25.6 Å². The van der Waals surface area contributed by atoms with E-state index in [1.807, 2.05) is 17.7 Å². The van der Waals surface area contributed by atoms with Gasteiger partial charge < -0.3 is 5.32 Å². The normalized spacial score (nSPS) is 16.4. The van der Waals surface area contributed by atoms with Gasteiger partial charge in [-0.2, -0.15) is 5.10 Å². The second-order valence-electron chi connectivity index (χ2n) is 7.66. The van der Waals surface area contributed by atoms with Gasteiger partial charge in [-0.15, -0.1) is 11.8 Å². The van der Waals surface area contributed by atoms with Crippen LogP contribution in [0.4, 0.5) is 4.39 Å². The van der Waals surface area contributed by atoms with Crippen molar-refractivity contribution in [2.45, 2.75) is 64.4 Å². The molecule has 0 fully saturated rings. The summed E-state index contributed by atoms with van der Waals surface area (Å²) in [7, 11) is 0. The molecule has 1 atom stereocenters. The zero-order chi connectivity index (χ0) is 19.6. The van der Waals surface area contributed by atoms with E-state index in [-0.39, 0.29) is 17.8 Å². The molecule has 1 aliphatic rings. The molecule has 0 saturated carbocycles. The maximum atomic E-state index is 13.6. The number of aromatic nitrogens is 2. The third kappa shape index (κ3) is 4.72. The predicted octanol–water partition coefficient (Wildman–Crippen LogP) is 4.58. The SMILES string of the molecule is Cc1nn(CC(C)C)c(C)c1CCC(=O)NC1CCSc2ccc(F)cc21. The minimum atomic E-state index is -0.251. The van der Waals surface area contributed by atoms with Gasteiger partial charge in [-0.3, -0.25) is 9.48 Å². The Labute approximate surface area is 164 Å². The summed E-state index contributed by atoms with van der Waals surface area (Å²) >= 11 is 1.72. The quantitative estimate of drug-likeness (QED) is 0.787. The van der Waals surface area contributed by atoms with Crippen molar-refractivity contribution in [3.8, 4) is 0 Å². The van der Waals surface area contributed by atoms with E-state index in [0.29, 0.717) is 18.8 Å². The fourth-order valence-electron chi connectivity index (χ4n) is 3.64. The average molecular weight is 390 g/mol. The smallest absolute Gasteiger partial charge is 0.220 e. The van der Waals surface area contributed by atoms with Crippen molar-refractivity contribution in [3.05, 3.63) is 46.5 Å². The monoisotopic (exact) mass is 389 g/mol. The van der Waals surface area contributed by atoms with Gasteiger partial charge in [0.2, 0.25) is 5.91 Å². The molecule has 0 aliphatic carbocycles. The van der Waals surface area contributed by atoms with Crippen LogP contribution in [0.5, 0.6) is 0 Å². The Morgan fingerprint density at radius 1 is 1.41 bits per heavy atom. The van der Waals surface area contributed by atoms with Gasteiger partial charge >= 0.3 is 0 Å². The van der Waals surface area contributed by atoms with Crippen molar-refractivity contribution < 1.29 is 9.18 Å². The van der Waals surface area contributed by atoms with Crippen molar-refractivity contribution in [2.75, 3.05) is 5.75 Å². The van der Waals surface area contributed by atoms with Crippen molar-refractivity contribution in [1.82, 2.24) is 15.1 Å². The number of aryl methyl sites for hydroxylation is 1. The Balaban J connectivity index is 1.63. The summed E-state index contributed by atoms with van der Waals surface area (Å²) in [6.07, 6.45) is 1.93. The lowest BCUT2D eigenvalue weighted by Crippen LogP contribution is -2.31. The molecule has 4 nitrogen and oxygen atoms in total. The largest absolute Gasteiger partial charge is 0.349 e. The van der Waals surface area contributed by atoms with Crippen molar-refractivity contribution in [1.29, 1.82) is 0 Å². The fourth-order valence-corrected chi connectivity index (χ4v) is 4.75. The Kier molecular flexibility index (Phi) is 6.25. The summed E-state index contributed by atoms with van der Waals surface area (Å²) in [6.45, 7) is 9.32. The highest BCUT2D eigenvalue weighted by Gasteiger charge is 2.23. The van der Waals surface area contributed by atoms with Crippen LogP contribution in [-0.4, -0.2) is 21.4 Å². The Morgan fingerprint density at radius 3 is 2.93 bits per heavy atom. The van der Waals surface area contributed by atoms with Crippen molar-refractivity contribution >= 4 is 17.7 Å². The number of nitrogens with one attached hydrogen (secondary N) is 1. The van der Waals surface area contributed by atoms with E-state index in [1.165, 1.54) is 6.07 Å². The molecule has 1 unspecified atom stereocenters. The number of rotatable bonds is 6. The number of hydrogen-bond acceptors (Lipinski definition) is 3. The first-order valence-electron chi connectivity index (χ1n) is 9.59. The van der Waals surface area contributed by atoms with Crippen LogP contribution in [0.2, 0.25) is 0 Å². The lowest BCUT2D eigenvalue weighted by Gasteiger charge is -2.26. The first-order chi connectivity index (χ1) is 12.8. The first kappa shape index (κ1) is 19.9. The summed E-state index contributed by atoms with van der Waals surface area (Å²) in [5, 5.41) is 7.73. The highest BCUT2D eigenvalue weighted by Crippen LogP contribution is 2.36. The molecule has 6 heteroatoms. The van der Waals surface area contributed by atoms with E-state index in [4.69, 9.17) is 0 Å². The van der Waals surface area contributed by atoms with Crippen LogP contribution in [0.1, 0.15) is 55.2 Å². The summed E-state index contributed by atoms with van der Waals surface area (Å²) < 4.78 is 15.7. The summed E-state index contributed by atoms with van der Waals surface area (Å²) in [5.74, 6) is 1.23. The molecular formula is C21H28FN3OS. The van der Waals surface area contributed by atoms with E-state index in [0.717, 1.165) is 46.1 Å². The second-order valence-corrected chi connectivity index (χ2v) is 8.80. The molecule has 0 saturated heterocycles. The van der Waals surface area contributed by atoms with Gasteiger partial charge in [0, 0.05) is 29.3 Å². The summed E-state index contributed by atoms with van der Waals surface area (Å²) in [6, 6.07) is 4.74. The number of benzene rings is 1. The van der Waals surface area contributed by atoms with Gasteiger partial charge in [0.05, 0.1) is 11.7 Å². The molecule has 0 bridgehead atoms. The van der Waals surface area contributed by atoms with E-state index >= 15 is 0 Å². The van der Waals surface area contributed by atoms with Crippen LogP contribution < -0.4 is 5.32 Å². The zero-order valence-electron chi connectivity index (χ0n) is 16.5. The van der Waals surface area contributed by atoms with E-state index < -0.39 is 0 Å². The summed E-state index contributed by atoms with van der Waals surface area (Å²) in [5.41, 5.74) is 4.21. The molecule has 2 aromatic rings. The predicted molar refractivity (Wildman–Crippen MR) is 107 cm³/mol. The molecule has 1 aliphatic heterocycles. The molecule has 1 amide bonds. The van der Waals surface area contributed by atoms with Gasteiger partial charge in [0.15, 0.2) is 0 Å². The van der Waals surface area contributed by atoms with Crippen LogP contribution >= 0.6 is 11.8 Å². The molecule has 146 valence electrons. The van der Waals surface area contributed by atoms with E-state index in [2.05, 4.69) is 31.2 Å². The molecule has 3 rings (SSSR count). The zero-order valence-corrected chi connectivity index (χ0v) is 17.3. The fraction of sp³-hybridized carbons (Fsp3) is 0.524. The van der Waals surface area contributed by atoms with Gasteiger partial charge in [0.25, 0.3) is 0 Å². The van der Waals surface area contributed by atoms with Gasteiger partial charge in [0.1, 0.15) is 5.82 Å². The minimum absolute atomic E-state index is 0.0116. The Hall–Kier alpha value is -1.82. The molecule has 1 aromatic heterocycles. The molecule has 1 aromatic carbocycles. The minimum Gasteiger partial charge on any atom is -0.349 e. The van der Waals surface area contributed by atoms with Gasteiger partial charge in [-0.25, -0.2) is 4.39 Å². The molecular weight excluding hydrogens is 361 g/mol. The number of carbonyl (C=O) groups is 1. The van der Waals surface area contributed by atoms with E-state index in [1.54, 1.807) is 17.8 Å². The number of carbonyl (C=O) groups excluding carboxylic acids is 1. The van der Waals surface area contributed by atoms with Crippen LogP contribution in [0.15, 0.2) is 23.1 Å². The third-order valence-electron chi connectivity index (χ3n) is 5.02. The lowest BCUT2D eigenvalue weighted by molar-refractivity contribution is -0.121. The maximum absolute atomic E-state index is 13.6. The van der Waals surface area contributed by atoms with Crippen molar-refractivity contribution in [3.63, 3.8) is 0 Å². The topological polar surface area (TPSA) is 46.9 Å². The molecule has 1 N–H and O–H groups in total. The highest BCUT2D eigenvalue weighted by molar-refractivity contribution is 7.99. The molecule has 0 radical (unpaired) electrons. The highest BCUT2D eigenvalue weighted by atomic mass is 32.2. The number of amides is 1. The Bertz CT molecular complexity index is 831. The number of hydrogen-bond donors (Lipinski definition) is 1. The second kappa shape index (κ2) is 8.46. The Morgan fingerprint density at radius 2 is 2.19 bits per heavy atom. The molecule has 0 spiro atoms. The maximum Gasteiger partial charge on any atom is 0.220 e. The molecule has 2 heterocycles. The van der Waals surface area contributed by atoms with Crippen LogP contribution in [0.25, 0.3) is 0 Å². The first-order valence-corrected chi connectivity index (χ1v) is 10.6. The van der Waals surface area contributed by atoms with E-state index in [9.17, 15) is 9.18 Å².